The second kappa shape index (κ2) is 5.74. The monoisotopic (exact) mass is 261 g/mol. The molecule has 19 heavy (non-hydrogen) atoms. The van der Waals surface area contributed by atoms with Gasteiger partial charge < -0.3 is 5.11 Å². The number of hydrogen-bond donors (Lipinski definition) is 1. The Bertz CT molecular complexity index is 433. The molecule has 2 rings (SSSR count). The van der Waals surface area contributed by atoms with E-state index < -0.39 is 5.97 Å². The summed E-state index contributed by atoms with van der Waals surface area (Å²) in [6, 6.07) is 9.05. The summed E-state index contributed by atoms with van der Waals surface area (Å²) in [5.74, 6) is -0.173. The molecule has 3 nitrogen and oxygen atoms in total. The van der Waals surface area contributed by atoms with Crippen molar-refractivity contribution in [2.75, 3.05) is 13.1 Å². The van der Waals surface area contributed by atoms with Gasteiger partial charge in [0.05, 0.1) is 5.92 Å². The van der Waals surface area contributed by atoms with Crippen molar-refractivity contribution in [1.82, 2.24) is 4.90 Å². The Labute approximate surface area is 115 Å². The first-order valence-electron chi connectivity index (χ1n) is 7.03. The summed E-state index contributed by atoms with van der Waals surface area (Å²) in [7, 11) is 0. The molecule has 1 N–H and O–H groups in total. The fourth-order valence-corrected chi connectivity index (χ4v) is 2.60. The third-order valence-electron chi connectivity index (χ3n) is 3.91. The Kier molecular flexibility index (Phi) is 4.25. The van der Waals surface area contributed by atoms with Crippen LogP contribution < -0.4 is 0 Å². The highest BCUT2D eigenvalue weighted by Gasteiger charge is 2.35. The van der Waals surface area contributed by atoms with Crippen LogP contribution in [0.25, 0.3) is 0 Å². The summed E-state index contributed by atoms with van der Waals surface area (Å²) in [5, 5.41) is 8.90. The fourth-order valence-electron chi connectivity index (χ4n) is 2.60. The van der Waals surface area contributed by atoms with E-state index in [1.807, 2.05) is 0 Å². The molecule has 1 atom stereocenters. The fraction of sp³-hybridized carbons (Fsp3) is 0.562. The minimum Gasteiger partial charge on any atom is -0.481 e. The summed E-state index contributed by atoms with van der Waals surface area (Å²) in [4.78, 5) is 13.0. The van der Waals surface area contributed by atoms with E-state index in [2.05, 4.69) is 49.9 Å². The maximum absolute atomic E-state index is 10.8. The molecule has 0 aromatic heterocycles. The van der Waals surface area contributed by atoms with Crippen LogP contribution in [0.4, 0.5) is 0 Å². The van der Waals surface area contributed by atoms with Crippen LogP contribution in [0.5, 0.6) is 0 Å². The number of carboxylic acids is 1. The molecule has 0 aliphatic carbocycles. The highest BCUT2D eigenvalue weighted by atomic mass is 16.4. The lowest BCUT2D eigenvalue weighted by Gasteiger charge is -2.41. The normalized spacial score (nSPS) is 18.3. The van der Waals surface area contributed by atoms with Crippen LogP contribution in [-0.4, -0.2) is 29.1 Å². The molecule has 0 bridgehead atoms. The van der Waals surface area contributed by atoms with Crippen LogP contribution >= 0.6 is 0 Å². The first-order valence-corrected chi connectivity index (χ1v) is 7.03. The van der Waals surface area contributed by atoms with Gasteiger partial charge in [-0.25, -0.2) is 0 Å². The summed E-state index contributed by atoms with van der Waals surface area (Å²) in [6.07, 6.45) is 1.11. The zero-order valence-electron chi connectivity index (χ0n) is 12.0. The van der Waals surface area contributed by atoms with E-state index >= 15 is 0 Å². The molecule has 0 saturated carbocycles. The average Bonchev–Trinajstić information content (AvgIpc) is 2.26. The van der Waals surface area contributed by atoms with Gasteiger partial charge in [-0.2, -0.15) is 0 Å². The molecule has 1 fully saturated rings. The van der Waals surface area contributed by atoms with Crippen LogP contribution in [0, 0.1) is 11.8 Å². The summed E-state index contributed by atoms with van der Waals surface area (Å²) >= 11 is 0. The van der Waals surface area contributed by atoms with Gasteiger partial charge in [-0.15, -0.1) is 0 Å². The first kappa shape index (κ1) is 14.1. The van der Waals surface area contributed by atoms with Crippen LogP contribution in [0.2, 0.25) is 0 Å². The lowest BCUT2D eigenvalue weighted by molar-refractivity contribution is -0.148. The van der Waals surface area contributed by atoms with Gasteiger partial charge >= 0.3 is 5.97 Å². The number of likely N-dealkylation sites (tertiary alicyclic amines) is 1. The molecule has 0 amide bonds. The topological polar surface area (TPSA) is 40.5 Å². The quantitative estimate of drug-likeness (QED) is 0.886. The molecule has 0 radical (unpaired) electrons. The van der Waals surface area contributed by atoms with Gasteiger partial charge in [0.1, 0.15) is 0 Å². The zero-order valence-corrected chi connectivity index (χ0v) is 12.0. The van der Waals surface area contributed by atoms with Gasteiger partial charge in [0.2, 0.25) is 0 Å². The second-order valence-electron chi connectivity index (χ2n) is 6.00. The Morgan fingerprint density at radius 1 is 1.26 bits per heavy atom. The Morgan fingerprint density at radius 3 is 2.32 bits per heavy atom. The van der Waals surface area contributed by atoms with Crippen molar-refractivity contribution in [1.29, 1.82) is 0 Å². The van der Waals surface area contributed by atoms with E-state index in [4.69, 9.17) is 5.11 Å². The molecule has 104 valence electrons. The van der Waals surface area contributed by atoms with Crippen molar-refractivity contribution in [3.05, 3.63) is 35.4 Å². The number of hydrogen-bond acceptors (Lipinski definition) is 2. The van der Waals surface area contributed by atoms with Gasteiger partial charge in [0.25, 0.3) is 0 Å². The number of carbonyl (C=O) groups is 1. The maximum atomic E-state index is 10.8. The standard InChI is InChI=1S/C16H23NO2/c1-11(2)8-13-4-6-14(7-5-13)12(3)17-9-15(10-17)16(18)19/h4-7,11-12,15H,8-10H2,1-3H3,(H,18,19). The van der Waals surface area contributed by atoms with Crippen molar-refractivity contribution < 1.29 is 9.90 Å². The summed E-state index contributed by atoms with van der Waals surface area (Å²) in [5.41, 5.74) is 2.65. The summed E-state index contributed by atoms with van der Waals surface area (Å²) < 4.78 is 0. The van der Waals surface area contributed by atoms with Crippen LogP contribution in [0.3, 0.4) is 0 Å². The van der Waals surface area contributed by atoms with Crippen molar-refractivity contribution in [3.8, 4) is 0 Å². The number of nitrogens with zero attached hydrogens (tertiary/aromatic N) is 1. The van der Waals surface area contributed by atoms with Crippen LogP contribution in [0.1, 0.15) is 37.9 Å². The molecule has 1 aromatic rings. The minimum atomic E-state index is -0.671. The Hall–Kier alpha value is -1.35. The number of rotatable bonds is 5. The predicted octanol–water partition coefficient (Wildman–Crippen LogP) is 2.96. The van der Waals surface area contributed by atoms with Crippen molar-refractivity contribution >= 4 is 5.97 Å². The molecule has 3 heteroatoms. The smallest absolute Gasteiger partial charge is 0.309 e. The maximum Gasteiger partial charge on any atom is 0.309 e. The van der Waals surface area contributed by atoms with Gasteiger partial charge in [-0.05, 0) is 30.4 Å². The van der Waals surface area contributed by atoms with E-state index in [0.29, 0.717) is 25.0 Å². The highest BCUT2D eigenvalue weighted by molar-refractivity contribution is 5.71. The molecule has 1 aliphatic rings. The van der Waals surface area contributed by atoms with E-state index in [0.717, 1.165) is 6.42 Å². The van der Waals surface area contributed by atoms with Crippen molar-refractivity contribution in [3.63, 3.8) is 0 Å². The molecule has 1 unspecified atom stereocenters. The summed E-state index contributed by atoms with van der Waals surface area (Å²) in [6.45, 7) is 7.94. The van der Waals surface area contributed by atoms with Gasteiger partial charge in [-0.3, -0.25) is 9.69 Å². The van der Waals surface area contributed by atoms with Crippen molar-refractivity contribution in [2.24, 2.45) is 11.8 Å². The Balaban J connectivity index is 1.93. The first-order chi connectivity index (χ1) is 8.97. The molecular weight excluding hydrogens is 238 g/mol. The van der Waals surface area contributed by atoms with E-state index in [1.165, 1.54) is 11.1 Å². The molecule has 1 aliphatic heterocycles. The molecule has 1 aromatic carbocycles. The number of aliphatic carboxylic acids is 1. The lowest BCUT2D eigenvalue weighted by Crippen LogP contribution is -2.51. The minimum absolute atomic E-state index is 0.178. The van der Waals surface area contributed by atoms with Crippen LogP contribution in [0.15, 0.2) is 24.3 Å². The number of benzene rings is 1. The second-order valence-corrected chi connectivity index (χ2v) is 6.00. The van der Waals surface area contributed by atoms with Gasteiger partial charge in [0, 0.05) is 19.1 Å². The highest BCUT2D eigenvalue weighted by Crippen LogP contribution is 2.28. The molecular formula is C16H23NO2. The molecule has 0 spiro atoms. The molecule has 1 heterocycles. The van der Waals surface area contributed by atoms with Gasteiger partial charge in [0.15, 0.2) is 0 Å². The average molecular weight is 261 g/mol. The number of carboxylic acid groups (broad SMARTS) is 1. The van der Waals surface area contributed by atoms with Gasteiger partial charge in [-0.1, -0.05) is 38.1 Å². The third kappa shape index (κ3) is 3.35. The van der Waals surface area contributed by atoms with Crippen LogP contribution in [-0.2, 0) is 11.2 Å². The largest absolute Gasteiger partial charge is 0.481 e. The Morgan fingerprint density at radius 2 is 1.84 bits per heavy atom. The SMILES string of the molecule is CC(C)Cc1ccc(C(C)N2CC(C(=O)O)C2)cc1. The van der Waals surface area contributed by atoms with E-state index in [-0.39, 0.29) is 5.92 Å². The predicted molar refractivity (Wildman–Crippen MR) is 76.1 cm³/mol. The van der Waals surface area contributed by atoms with Crippen molar-refractivity contribution in [2.45, 2.75) is 33.2 Å². The van der Waals surface area contributed by atoms with E-state index in [1.54, 1.807) is 0 Å². The van der Waals surface area contributed by atoms with E-state index in [9.17, 15) is 4.79 Å². The third-order valence-corrected chi connectivity index (χ3v) is 3.91. The zero-order chi connectivity index (χ0) is 14.0. The molecule has 1 saturated heterocycles. The lowest BCUT2D eigenvalue weighted by atomic mass is 9.94.